The lowest BCUT2D eigenvalue weighted by Gasteiger charge is -2.16. The van der Waals surface area contributed by atoms with Gasteiger partial charge in [0.25, 0.3) is 11.8 Å². The summed E-state index contributed by atoms with van der Waals surface area (Å²) in [6.45, 7) is 3.09. The molecule has 7 N–H and O–H groups in total. The summed E-state index contributed by atoms with van der Waals surface area (Å²) in [5, 5.41) is 30.0. The van der Waals surface area contributed by atoms with Crippen LogP contribution in [0.3, 0.4) is 0 Å². The number of imidazole rings is 1. The van der Waals surface area contributed by atoms with Crippen LogP contribution in [-0.2, 0) is 15.7 Å². The van der Waals surface area contributed by atoms with Crippen molar-refractivity contribution in [2.75, 3.05) is 30.7 Å². The molecule has 1 fully saturated rings. The molecule has 3 aromatic heterocycles. The van der Waals surface area contributed by atoms with Crippen LogP contribution in [0, 0.1) is 0 Å². The number of aliphatic hydroxyl groups is 2. The Kier molecular flexibility index (Phi) is 13.1. The van der Waals surface area contributed by atoms with Gasteiger partial charge < -0.3 is 36.6 Å². The second kappa shape index (κ2) is 18.6. The molecule has 2 amide bonds. The number of alkyl halides is 3. The van der Waals surface area contributed by atoms with Crippen LogP contribution in [-0.4, -0.2) is 85.3 Å². The van der Waals surface area contributed by atoms with Crippen LogP contribution in [0.2, 0.25) is 0 Å². The van der Waals surface area contributed by atoms with Gasteiger partial charge in [0.15, 0.2) is 35.1 Å². The van der Waals surface area contributed by atoms with E-state index in [0.717, 1.165) is 49.2 Å². The third-order valence-electron chi connectivity index (χ3n) is 10.2. The number of benzene rings is 3. The lowest BCUT2D eigenvalue weighted by molar-refractivity contribution is -0.138. The van der Waals surface area contributed by atoms with E-state index < -0.39 is 48.0 Å². The number of rotatable bonds is 16. The number of aromatic nitrogens is 4. The summed E-state index contributed by atoms with van der Waals surface area (Å²) in [4.78, 5) is 52.6. The number of likely N-dealkylation sites (N-methyl/N-ethyl adjacent to an activating group) is 1. The molecule has 0 aliphatic carbocycles. The lowest BCUT2D eigenvalue weighted by Crippen LogP contribution is -2.42. The third kappa shape index (κ3) is 9.26. The highest BCUT2D eigenvalue weighted by atomic mass is 32.1. The van der Waals surface area contributed by atoms with Crippen molar-refractivity contribution < 1.29 is 42.5 Å². The van der Waals surface area contributed by atoms with Gasteiger partial charge in [-0.05, 0) is 55.2 Å². The van der Waals surface area contributed by atoms with Crippen LogP contribution in [0.15, 0.2) is 91.5 Å². The first-order valence-corrected chi connectivity index (χ1v) is 20.5. The van der Waals surface area contributed by atoms with Crippen molar-refractivity contribution in [1.29, 1.82) is 0 Å². The minimum absolute atomic E-state index is 0.120. The highest BCUT2D eigenvalue weighted by molar-refractivity contribution is 7.20. The van der Waals surface area contributed by atoms with Crippen molar-refractivity contribution in [3.05, 3.63) is 114 Å². The maximum atomic E-state index is 13.8. The number of carbonyl (C=O) groups excluding carboxylic acids is 3. The van der Waals surface area contributed by atoms with E-state index in [9.17, 15) is 37.8 Å². The summed E-state index contributed by atoms with van der Waals surface area (Å²) < 4.78 is 48.5. The molecular weight excluding hydrogens is 814 g/mol. The number of ketones is 1. The quantitative estimate of drug-likeness (QED) is 0.0477. The Balaban J connectivity index is 0.922. The summed E-state index contributed by atoms with van der Waals surface area (Å²) in [6, 6.07) is 19.8. The van der Waals surface area contributed by atoms with Gasteiger partial charge in [-0.3, -0.25) is 19.0 Å². The lowest BCUT2D eigenvalue weighted by atomic mass is 9.92. The smallest absolute Gasteiger partial charge is 0.390 e. The van der Waals surface area contributed by atoms with E-state index in [-0.39, 0.29) is 22.0 Å². The molecule has 4 atom stereocenters. The number of unbranched alkanes of at least 4 members (excludes halogenated alkanes) is 3. The number of nitrogens with zero attached hydrogens (tertiary/aromatic N) is 4. The standard InChI is InChI=1S/C43H43F3N8O6S/c1-2-48-41(59)35-33(56)34(57)42(60-35)54-23-53-31-38(51-22-52-39(31)54)49-19-8-3-4-9-20-50-40(58)26-17-15-25(16-18-26)36-29(27-13-10-14-28(21-27)43(44,45)46)30(37(47)61-36)32(55)24-11-6-5-7-12-24/h5-7,10-18,21-23,33-35,42,56-57H,2-4,8-9,19-20,47H2,1H3,(H,48,59)(H,50,58)(H,49,51,52)/t33-,34+,35-,42+/m0/s1. The molecule has 14 nitrogen and oxygen atoms in total. The molecule has 7 rings (SSSR count). The topological polar surface area (TPSA) is 207 Å². The molecule has 1 saturated heterocycles. The Bertz CT molecular complexity index is 2510. The molecule has 318 valence electrons. The van der Waals surface area contributed by atoms with Crippen LogP contribution in [0.1, 0.15) is 70.7 Å². The SMILES string of the molecule is CCNC(=O)[C@H]1O[C@@H](n2cnc3c(NCCCCCCNC(=O)c4ccc(-c5sc(N)c(C(=O)c6ccccc6)c5-c5cccc(C(F)(F)F)c5)cc4)ncnc32)[C@H](O)[C@@H]1O. The Morgan fingerprint density at radius 2 is 1.59 bits per heavy atom. The number of amides is 2. The second-order valence-corrected chi connectivity index (χ2v) is 15.4. The predicted octanol–water partition coefficient (Wildman–Crippen LogP) is 6.21. The first-order chi connectivity index (χ1) is 29.4. The van der Waals surface area contributed by atoms with E-state index in [1.54, 1.807) is 61.5 Å². The highest BCUT2D eigenvalue weighted by Gasteiger charge is 2.47. The van der Waals surface area contributed by atoms with E-state index in [4.69, 9.17) is 10.5 Å². The minimum Gasteiger partial charge on any atom is -0.390 e. The average molecular weight is 857 g/mol. The number of nitrogens with two attached hydrogens (primary N) is 1. The van der Waals surface area contributed by atoms with E-state index in [2.05, 4.69) is 30.9 Å². The summed E-state index contributed by atoms with van der Waals surface area (Å²) in [5.74, 6) is -0.745. The van der Waals surface area contributed by atoms with Crippen molar-refractivity contribution in [3.8, 4) is 21.6 Å². The molecule has 4 heterocycles. The first kappa shape index (κ1) is 42.9. The van der Waals surface area contributed by atoms with Gasteiger partial charge in [-0.25, -0.2) is 15.0 Å². The Morgan fingerprint density at radius 1 is 0.852 bits per heavy atom. The van der Waals surface area contributed by atoms with Crippen LogP contribution in [0.25, 0.3) is 32.7 Å². The third-order valence-corrected chi connectivity index (χ3v) is 11.3. The Morgan fingerprint density at radius 3 is 2.31 bits per heavy atom. The molecule has 0 unspecified atom stereocenters. The molecule has 0 radical (unpaired) electrons. The van der Waals surface area contributed by atoms with Crippen LogP contribution >= 0.6 is 11.3 Å². The van der Waals surface area contributed by atoms with Crippen molar-refractivity contribution >= 4 is 50.9 Å². The number of halogens is 3. The van der Waals surface area contributed by atoms with E-state index in [1.165, 1.54) is 29.4 Å². The number of aliphatic hydroxyl groups excluding tert-OH is 2. The molecule has 3 aromatic carbocycles. The molecular formula is C43H43F3N8O6S. The largest absolute Gasteiger partial charge is 0.416 e. The molecule has 6 aromatic rings. The number of nitrogen functional groups attached to an aromatic ring is 1. The normalized spacial score (nSPS) is 17.7. The maximum absolute atomic E-state index is 13.8. The molecule has 1 aliphatic heterocycles. The summed E-state index contributed by atoms with van der Waals surface area (Å²) in [5.41, 5.74) is 8.30. The van der Waals surface area contributed by atoms with Gasteiger partial charge in [-0.1, -0.05) is 67.4 Å². The fourth-order valence-electron chi connectivity index (χ4n) is 7.17. The zero-order chi connectivity index (χ0) is 43.3. The van der Waals surface area contributed by atoms with Gasteiger partial charge >= 0.3 is 6.18 Å². The fraction of sp³-hybridized carbons (Fsp3) is 0.302. The fourth-order valence-corrected chi connectivity index (χ4v) is 8.27. The average Bonchev–Trinajstić information content (AvgIpc) is 3.94. The van der Waals surface area contributed by atoms with Gasteiger partial charge in [0.1, 0.15) is 18.5 Å². The summed E-state index contributed by atoms with van der Waals surface area (Å²) in [7, 11) is 0. The second-order valence-electron chi connectivity index (χ2n) is 14.4. The molecule has 18 heteroatoms. The number of hydrogen-bond donors (Lipinski definition) is 6. The van der Waals surface area contributed by atoms with Gasteiger partial charge in [-0.15, -0.1) is 11.3 Å². The molecule has 0 saturated carbocycles. The van der Waals surface area contributed by atoms with E-state index in [0.29, 0.717) is 63.7 Å². The van der Waals surface area contributed by atoms with Crippen LogP contribution in [0.4, 0.5) is 24.0 Å². The number of nitrogens with one attached hydrogen (secondary N) is 3. The van der Waals surface area contributed by atoms with E-state index in [1.807, 2.05) is 0 Å². The number of thiophene rings is 1. The van der Waals surface area contributed by atoms with Crippen LogP contribution in [0.5, 0.6) is 0 Å². The summed E-state index contributed by atoms with van der Waals surface area (Å²) in [6.07, 6.45) is -3.76. The van der Waals surface area contributed by atoms with Gasteiger partial charge in [0.2, 0.25) is 0 Å². The van der Waals surface area contributed by atoms with Gasteiger partial charge in [-0.2, -0.15) is 13.2 Å². The van der Waals surface area contributed by atoms with Crippen LogP contribution < -0.4 is 21.7 Å². The molecule has 61 heavy (non-hydrogen) atoms. The number of ether oxygens (including phenoxy) is 1. The maximum Gasteiger partial charge on any atom is 0.416 e. The Labute approximate surface area is 352 Å². The van der Waals surface area contributed by atoms with Gasteiger partial charge in [0, 0.05) is 41.2 Å². The molecule has 0 spiro atoms. The number of carbonyl (C=O) groups is 3. The highest BCUT2D eigenvalue weighted by Crippen LogP contribution is 2.47. The van der Waals surface area contributed by atoms with Gasteiger partial charge in [0.05, 0.1) is 22.5 Å². The molecule has 1 aliphatic rings. The predicted molar refractivity (Wildman–Crippen MR) is 224 cm³/mol. The minimum atomic E-state index is -4.60. The zero-order valence-electron chi connectivity index (χ0n) is 32.9. The first-order valence-electron chi connectivity index (χ1n) is 19.7. The van der Waals surface area contributed by atoms with Crippen molar-refractivity contribution in [2.24, 2.45) is 0 Å². The monoisotopic (exact) mass is 856 g/mol. The van der Waals surface area contributed by atoms with Crippen molar-refractivity contribution in [1.82, 2.24) is 30.2 Å². The van der Waals surface area contributed by atoms with Crippen molar-refractivity contribution in [3.63, 3.8) is 0 Å². The zero-order valence-corrected chi connectivity index (χ0v) is 33.7. The Hall–Kier alpha value is -6.21. The number of fused-ring (bicyclic) bond motifs is 1. The van der Waals surface area contributed by atoms with E-state index >= 15 is 0 Å². The van der Waals surface area contributed by atoms with Crippen molar-refractivity contribution in [2.45, 2.75) is 63.3 Å². The number of anilines is 2. The number of hydrogen-bond acceptors (Lipinski definition) is 12. The summed E-state index contributed by atoms with van der Waals surface area (Å²) >= 11 is 1.10. The molecule has 0 bridgehead atoms.